The molecule has 1 aromatic rings. The quantitative estimate of drug-likeness (QED) is 0.195. The smallest absolute Gasteiger partial charge is 0.326 e. The molecule has 0 saturated heterocycles. The molecule has 1 aromatic heterocycles. The number of hydrogen-bond donors (Lipinski definition) is 7. The minimum absolute atomic E-state index is 0.0436. The number of hydrogen-bond acceptors (Lipinski definition) is 7. The van der Waals surface area contributed by atoms with Gasteiger partial charge in [0.25, 0.3) is 0 Å². The van der Waals surface area contributed by atoms with Crippen molar-refractivity contribution >= 4 is 23.7 Å². The summed E-state index contributed by atoms with van der Waals surface area (Å²) in [5, 5.41) is 25.3. The van der Waals surface area contributed by atoms with Crippen LogP contribution >= 0.6 is 0 Å². The predicted octanol–water partition coefficient (Wildman–Crippen LogP) is -2.51. The van der Waals surface area contributed by atoms with Gasteiger partial charge in [0, 0.05) is 18.3 Å². The zero-order valence-electron chi connectivity index (χ0n) is 16.3. The van der Waals surface area contributed by atoms with E-state index in [1.165, 1.54) is 12.5 Å². The summed E-state index contributed by atoms with van der Waals surface area (Å²) in [6.45, 7) is 2.42. The Labute approximate surface area is 167 Å². The zero-order valence-corrected chi connectivity index (χ0v) is 16.3. The Morgan fingerprint density at radius 1 is 1.24 bits per heavy atom. The van der Waals surface area contributed by atoms with Crippen LogP contribution in [0.5, 0.6) is 0 Å². The number of rotatable bonds is 12. The van der Waals surface area contributed by atoms with Crippen molar-refractivity contribution in [1.29, 1.82) is 0 Å². The molecule has 0 aromatic carbocycles. The van der Waals surface area contributed by atoms with Crippen molar-refractivity contribution in [2.45, 2.75) is 44.8 Å². The number of carbonyl (C=O) groups is 4. The van der Waals surface area contributed by atoms with E-state index in [1.807, 2.05) is 0 Å². The lowest BCUT2D eigenvalue weighted by atomic mass is 9.99. The van der Waals surface area contributed by atoms with Gasteiger partial charge in [-0.05, 0) is 5.92 Å². The summed E-state index contributed by atoms with van der Waals surface area (Å²) in [4.78, 5) is 54.4. The normalized spacial score (nSPS) is 14.9. The molecule has 8 N–H and O–H groups in total. The zero-order chi connectivity index (χ0) is 22.0. The largest absolute Gasteiger partial charge is 0.480 e. The molecule has 12 nitrogen and oxygen atoms in total. The summed E-state index contributed by atoms with van der Waals surface area (Å²) in [5.74, 6) is -3.55. The first-order chi connectivity index (χ1) is 13.7. The van der Waals surface area contributed by atoms with E-state index >= 15 is 0 Å². The maximum absolute atomic E-state index is 12.5. The number of amides is 3. The summed E-state index contributed by atoms with van der Waals surface area (Å²) in [7, 11) is 0. The summed E-state index contributed by atoms with van der Waals surface area (Å²) >= 11 is 0. The number of nitrogens with one attached hydrogen (secondary N) is 4. The molecule has 12 heteroatoms. The maximum atomic E-state index is 12.5. The number of aromatic amines is 1. The molecule has 1 rings (SSSR count). The van der Waals surface area contributed by atoms with Crippen LogP contribution in [-0.4, -0.2) is 75.1 Å². The van der Waals surface area contributed by atoms with Gasteiger partial charge in [0.2, 0.25) is 17.7 Å². The number of carboxylic acid groups (broad SMARTS) is 1. The molecule has 0 aliphatic carbocycles. The Balaban J connectivity index is 2.71. The molecule has 0 aliphatic rings. The van der Waals surface area contributed by atoms with E-state index in [-0.39, 0.29) is 12.3 Å². The first-order valence-corrected chi connectivity index (χ1v) is 9.13. The minimum atomic E-state index is -1.21. The second-order valence-corrected chi connectivity index (χ2v) is 6.62. The Kier molecular flexibility index (Phi) is 9.75. The first-order valence-electron chi connectivity index (χ1n) is 9.13. The highest BCUT2D eigenvalue weighted by atomic mass is 16.4. The Morgan fingerprint density at radius 3 is 2.45 bits per heavy atom. The number of imidazole rings is 1. The van der Waals surface area contributed by atoms with Gasteiger partial charge in [0.1, 0.15) is 18.1 Å². The highest BCUT2D eigenvalue weighted by molar-refractivity contribution is 5.92. The molecule has 1 heterocycles. The fraction of sp³-hybridized carbons (Fsp3) is 0.588. The fourth-order valence-corrected chi connectivity index (χ4v) is 2.39. The molecule has 162 valence electrons. The highest BCUT2D eigenvalue weighted by Gasteiger charge is 2.27. The molecule has 0 aliphatic heterocycles. The van der Waals surface area contributed by atoms with Crippen LogP contribution in [0, 0.1) is 5.92 Å². The average molecular weight is 412 g/mol. The van der Waals surface area contributed by atoms with E-state index in [9.17, 15) is 24.3 Å². The van der Waals surface area contributed by atoms with Crippen LogP contribution in [-0.2, 0) is 25.6 Å². The number of nitrogens with zero attached hydrogens (tertiary/aromatic N) is 1. The number of aliphatic hydroxyl groups excluding tert-OH is 1. The number of aliphatic carboxylic acids is 1. The van der Waals surface area contributed by atoms with Crippen LogP contribution in [0.3, 0.4) is 0 Å². The third-order valence-corrected chi connectivity index (χ3v) is 4.36. The topological polar surface area (TPSA) is 200 Å². The summed E-state index contributed by atoms with van der Waals surface area (Å²) in [5.41, 5.74) is 6.00. The van der Waals surface area contributed by atoms with Gasteiger partial charge in [-0.3, -0.25) is 14.4 Å². The molecule has 0 radical (unpaired) electrons. The fourth-order valence-electron chi connectivity index (χ4n) is 2.39. The average Bonchev–Trinajstić information content (AvgIpc) is 3.21. The van der Waals surface area contributed by atoms with Gasteiger partial charge in [-0.2, -0.15) is 0 Å². The summed E-state index contributed by atoms with van der Waals surface area (Å²) in [6, 6.07) is -3.37. The van der Waals surface area contributed by atoms with Gasteiger partial charge in [0.15, 0.2) is 0 Å². The second-order valence-electron chi connectivity index (χ2n) is 6.62. The van der Waals surface area contributed by atoms with Gasteiger partial charge >= 0.3 is 5.97 Å². The first kappa shape index (κ1) is 24.0. The van der Waals surface area contributed by atoms with E-state index in [0.29, 0.717) is 12.1 Å². The summed E-state index contributed by atoms with van der Waals surface area (Å²) in [6.07, 6.45) is 3.46. The number of nitrogens with two attached hydrogens (primary N) is 1. The van der Waals surface area contributed by atoms with Crippen LogP contribution in [0.25, 0.3) is 0 Å². The van der Waals surface area contributed by atoms with Gasteiger partial charge in [-0.25, -0.2) is 9.78 Å². The van der Waals surface area contributed by atoms with E-state index in [1.54, 1.807) is 13.8 Å². The van der Waals surface area contributed by atoms with Crippen molar-refractivity contribution in [3.8, 4) is 0 Å². The van der Waals surface area contributed by atoms with E-state index in [2.05, 4.69) is 25.9 Å². The van der Waals surface area contributed by atoms with Crippen LogP contribution in [0.15, 0.2) is 12.5 Å². The molecular formula is C17H28N6O6. The SMILES string of the molecule is CCC(C)C(NC(=O)CNC(=O)C(Cc1cnc[nH]1)NC(=O)C(N)CO)C(=O)O. The van der Waals surface area contributed by atoms with Crippen molar-refractivity contribution in [3.05, 3.63) is 18.2 Å². The standard InChI is InChI=1S/C17H28N6O6/c1-3-9(2)14(17(28)29)23-13(25)6-20-16(27)12(4-10-5-19-8-21-10)22-15(26)11(18)7-24/h5,8-9,11-12,14,24H,3-4,6-7,18H2,1-2H3,(H,19,21)(H,20,27)(H,22,26)(H,23,25)(H,28,29). The Hall–Kier alpha value is -2.99. The number of carboxylic acids is 1. The molecule has 3 amide bonds. The van der Waals surface area contributed by atoms with E-state index in [4.69, 9.17) is 10.8 Å². The van der Waals surface area contributed by atoms with Gasteiger partial charge in [-0.15, -0.1) is 0 Å². The molecule has 29 heavy (non-hydrogen) atoms. The van der Waals surface area contributed by atoms with E-state index in [0.717, 1.165) is 0 Å². The molecule has 0 bridgehead atoms. The van der Waals surface area contributed by atoms with Gasteiger partial charge in [0.05, 0.1) is 19.5 Å². The molecule has 4 atom stereocenters. The monoisotopic (exact) mass is 412 g/mol. The van der Waals surface area contributed by atoms with Crippen molar-refractivity contribution in [2.24, 2.45) is 11.7 Å². The van der Waals surface area contributed by atoms with Gasteiger partial charge < -0.3 is 36.9 Å². The third-order valence-electron chi connectivity index (χ3n) is 4.36. The molecule has 0 spiro atoms. The lowest BCUT2D eigenvalue weighted by molar-refractivity contribution is -0.143. The number of aromatic nitrogens is 2. The van der Waals surface area contributed by atoms with Crippen molar-refractivity contribution in [3.63, 3.8) is 0 Å². The third kappa shape index (κ3) is 7.87. The predicted molar refractivity (Wildman–Crippen MR) is 101 cm³/mol. The number of carbonyl (C=O) groups excluding carboxylic acids is 3. The molecule has 0 fully saturated rings. The van der Waals surface area contributed by atoms with Gasteiger partial charge in [-0.1, -0.05) is 20.3 Å². The van der Waals surface area contributed by atoms with Crippen LogP contribution in [0.2, 0.25) is 0 Å². The second kappa shape index (κ2) is 11.8. The Bertz CT molecular complexity index is 695. The summed E-state index contributed by atoms with van der Waals surface area (Å²) < 4.78 is 0. The number of H-pyrrole nitrogens is 1. The molecule has 0 saturated carbocycles. The molecule has 4 unspecified atom stereocenters. The van der Waals surface area contributed by atoms with E-state index < -0.39 is 55.0 Å². The van der Waals surface area contributed by atoms with Crippen LogP contribution < -0.4 is 21.7 Å². The Morgan fingerprint density at radius 2 is 1.93 bits per heavy atom. The lowest BCUT2D eigenvalue weighted by Gasteiger charge is -2.21. The highest BCUT2D eigenvalue weighted by Crippen LogP contribution is 2.07. The number of aliphatic hydroxyl groups is 1. The van der Waals surface area contributed by atoms with Crippen LogP contribution in [0.1, 0.15) is 26.0 Å². The molecular weight excluding hydrogens is 384 g/mol. The van der Waals surface area contributed by atoms with Crippen LogP contribution in [0.4, 0.5) is 0 Å². The van der Waals surface area contributed by atoms with Crippen molar-refractivity contribution in [1.82, 2.24) is 25.9 Å². The maximum Gasteiger partial charge on any atom is 0.326 e. The minimum Gasteiger partial charge on any atom is -0.480 e. The lowest BCUT2D eigenvalue weighted by Crippen LogP contribution is -2.55. The van der Waals surface area contributed by atoms with Crippen molar-refractivity contribution < 1.29 is 29.4 Å². The van der Waals surface area contributed by atoms with Crippen molar-refractivity contribution in [2.75, 3.05) is 13.2 Å².